The van der Waals surface area contributed by atoms with Crippen LogP contribution in [0, 0.1) is 5.92 Å². The summed E-state index contributed by atoms with van der Waals surface area (Å²) >= 11 is 0. The minimum absolute atomic E-state index is 0.0738. The molecular formula is C13H14O3. The van der Waals surface area contributed by atoms with E-state index in [0.29, 0.717) is 13.2 Å². The maximum absolute atomic E-state index is 11.6. The molecule has 0 amide bonds. The molecule has 1 aliphatic rings. The number of Topliss-reactive ketones (excluding diaryl/α,β-unsaturated/α-hetero) is 1. The Bertz CT molecular complexity index is 370. The molecule has 0 radical (unpaired) electrons. The standard InChI is InChI=1S/C13H14O3/c14-13(12-6-7-15-9-12)10-16-8-11-4-2-1-3-5-11/h1-7,12H,8-10H2. The third kappa shape index (κ3) is 2.94. The first-order valence-electron chi connectivity index (χ1n) is 5.29. The van der Waals surface area contributed by atoms with Gasteiger partial charge < -0.3 is 9.47 Å². The summed E-state index contributed by atoms with van der Waals surface area (Å²) < 4.78 is 10.3. The molecule has 1 aromatic rings. The van der Waals surface area contributed by atoms with Crippen molar-refractivity contribution in [3.05, 3.63) is 48.2 Å². The van der Waals surface area contributed by atoms with Crippen LogP contribution in [0.4, 0.5) is 0 Å². The molecule has 3 heteroatoms. The average Bonchev–Trinajstić information content (AvgIpc) is 2.84. The molecule has 0 saturated carbocycles. The van der Waals surface area contributed by atoms with Gasteiger partial charge in [0, 0.05) is 0 Å². The lowest BCUT2D eigenvalue weighted by Crippen LogP contribution is -2.19. The Morgan fingerprint density at radius 3 is 2.88 bits per heavy atom. The quantitative estimate of drug-likeness (QED) is 0.757. The topological polar surface area (TPSA) is 35.5 Å². The molecule has 1 heterocycles. The van der Waals surface area contributed by atoms with Crippen molar-refractivity contribution in [3.8, 4) is 0 Å². The minimum Gasteiger partial charge on any atom is -0.500 e. The summed E-state index contributed by atoms with van der Waals surface area (Å²) in [7, 11) is 0. The summed E-state index contributed by atoms with van der Waals surface area (Å²) in [6.45, 7) is 1.07. The first kappa shape index (κ1) is 10.9. The Kier molecular flexibility index (Phi) is 3.72. The molecule has 0 aromatic heterocycles. The van der Waals surface area contributed by atoms with Crippen molar-refractivity contribution in [1.29, 1.82) is 0 Å². The number of rotatable bonds is 5. The van der Waals surface area contributed by atoms with Crippen LogP contribution in [0.5, 0.6) is 0 Å². The summed E-state index contributed by atoms with van der Waals surface area (Å²) in [5, 5.41) is 0. The molecule has 1 aromatic carbocycles. The highest BCUT2D eigenvalue weighted by Gasteiger charge is 2.19. The van der Waals surface area contributed by atoms with Gasteiger partial charge in [-0.2, -0.15) is 0 Å². The zero-order valence-corrected chi connectivity index (χ0v) is 8.96. The van der Waals surface area contributed by atoms with Crippen LogP contribution in [-0.4, -0.2) is 19.0 Å². The van der Waals surface area contributed by atoms with E-state index in [-0.39, 0.29) is 18.3 Å². The van der Waals surface area contributed by atoms with Gasteiger partial charge in [-0.3, -0.25) is 4.79 Å². The van der Waals surface area contributed by atoms with Crippen LogP contribution in [0.15, 0.2) is 42.7 Å². The van der Waals surface area contributed by atoms with Crippen LogP contribution >= 0.6 is 0 Å². The Morgan fingerprint density at radius 2 is 2.19 bits per heavy atom. The molecule has 0 N–H and O–H groups in total. The molecule has 0 aliphatic carbocycles. The number of hydrogen-bond donors (Lipinski definition) is 0. The van der Waals surface area contributed by atoms with E-state index in [1.807, 2.05) is 30.3 Å². The zero-order chi connectivity index (χ0) is 11.2. The lowest BCUT2D eigenvalue weighted by Gasteiger charge is -2.06. The lowest BCUT2D eigenvalue weighted by molar-refractivity contribution is -0.127. The second-order valence-electron chi connectivity index (χ2n) is 3.71. The normalized spacial score (nSPS) is 18.4. The molecule has 2 rings (SSSR count). The molecule has 1 unspecified atom stereocenters. The fourth-order valence-electron chi connectivity index (χ4n) is 1.52. The maximum atomic E-state index is 11.6. The summed E-state index contributed by atoms with van der Waals surface area (Å²) in [6.07, 6.45) is 3.34. The van der Waals surface area contributed by atoms with Crippen LogP contribution in [0.2, 0.25) is 0 Å². The van der Waals surface area contributed by atoms with Crippen molar-refractivity contribution in [2.75, 3.05) is 13.2 Å². The van der Waals surface area contributed by atoms with Gasteiger partial charge >= 0.3 is 0 Å². The largest absolute Gasteiger partial charge is 0.500 e. The molecular weight excluding hydrogens is 204 g/mol. The Balaban J connectivity index is 1.72. The Labute approximate surface area is 94.7 Å². The highest BCUT2D eigenvalue weighted by Crippen LogP contribution is 2.10. The van der Waals surface area contributed by atoms with Crippen LogP contribution in [-0.2, 0) is 20.9 Å². The van der Waals surface area contributed by atoms with E-state index >= 15 is 0 Å². The number of ether oxygens (including phenoxy) is 2. The highest BCUT2D eigenvalue weighted by molar-refractivity contribution is 5.84. The minimum atomic E-state index is -0.129. The lowest BCUT2D eigenvalue weighted by atomic mass is 10.1. The van der Waals surface area contributed by atoms with E-state index in [9.17, 15) is 4.79 Å². The van der Waals surface area contributed by atoms with E-state index in [0.717, 1.165) is 5.56 Å². The van der Waals surface area contributed by atoms with Crippen LogP contribution in [0.25, 0.3) is 0 Å². The zero-order valence-electron chi connectivity index (χ0n) is 8.96. The van der Waals surface area contributed by atoms with E-state index in [2.05, 4.69) is 0 Å². The van der Waals surface area contributed by atoms with E-state index < -0.39 is 0 Å². The molecule has 16 heavy (non-hydrogen) atoms. The first-order chi connectivity index (χ1) is 7.86. The molecule has 3 nitrogen and oxygen atoms in total. The molecule has 0 spiro atoms. The second-order valence-corrected chi connectivity index (χ2v) is 3.71. The van der Waals surface area contributed by atoms with E-state index in [4.69, 9.17) is 9.47 Å². The number of carbonyl (C=O) groups excluding carboxylic acids is 1. The fourth-order valence-corrected chi connectivity index (χ4v) is 1.52. The van der Waals surface area contributed by atoms with Crippen molar-refractivity contribution in [2.45, 2.75) is 6.61 Å². The number of carbonyl (C=O) groups is 1. The van der Waals surface area contributed by atoms with Crippen molar-refractivity contribution in [2.24, 2.45) is 5.92 Å². The van der Waals surface area contributed by atoms with Gasteiger partial charge in [-0.25, -0.2) is 0 Å². The van der Waals surface area contributed by atoms with Crippen LogP contribution in [0.1, 0.15) is 5.56 Å². The number of benzene rings is 1. The SMILES string of the molecule is O=C(COCc1ccccc1)C1C=COC1. The van der Waals surface area contributed by atoms with Crippen LogP contribution in [0.3, 0.4) is 0 Å². The van der Waals surface area contributed by atoms with Crippen LogP contribution < -0.4 is 0 Å². The fraction of sp³-hybridized carbons (Fsp3) is 0.308. The Hall–Kier alpha value is -1.61. The van der Waals surface area contributed by atoms with Crippen molar-refractivity contribution in [1.82, 2.24) is 0 Å². The highest BCUT2D eigenvalue weighted by atomic mass is 16.5. The van der Waals surface area contributed by atoms with Gasteiger partial charge in [0.05, 0.1) is 18.8 Å². The second kappa shape index (κ2) is 5.47. The number of hydrogen-bond acceptors (Lipinski definition) is 3. The predicted octanol–water partition coefficient (Wildman–Crippen LogP) is 1.93. The maximum Gasteiger partial charge on any atom is 0.168 e. The molecule has 0 fully saturated rings. The van der Waals surface area contributed by atoms with E-state index in [1.54, 1.807) is 12.3 Å². The number of ketones is 1. The summed E-state index contributed by atoms with van der Waals surface area (Å²) in [6, 6.07) is 9.81. The summed E-state index contributed by atoms with van der Waals surface area (Å²) in [5.41, 5.74) is 1.08. The van der Waals surface area contributed by atoms with Crippen molar-refractivity contribution >= 4 is 5.78 Å². The third-order valence-electron chi connectivity index (χ3n) is 2.45. The summed E-state index contributed by atoms with van der Waals surface area (Å²) in [5.74, 6) is -0.0551. The van der Waals surface area contributed by atoms with Gasteiger partial charge in [-0.05, 0) is 11.6 Å². The van der Waals surface area contributed by atoms with Crippen molar-refractivity contribution < 1.29 is 14.3 Å². The van der Waals surface area contributed by atoms with Gasteiger partial charge in [0.15, 0.2) is 5.78 Å². The first-order valence-corrected chi connectivity index (χ1v) is 5.29. The van der Waals surface area contributed by atoms with Gasteiger partial charge in [0.1, 0.15) is 13.2 Å². The van der Waals surface area contributed by atoms with Gasteiger partial charge in [0.25, 0.3) is 0 Å². The Morgan fingerprint density at radius 1 is 1.38 bits per heavy atom. The monoisotopic (exact) mass is 218 g/mol. The van der Waals surface area contributed by atoms with E-state index in [1.165, 1.54) is 0 Å². The average molecular weight is 218 g/mol. The van der Waals surface area contributed by atoms with Gasteiger partial charge in [0.2, 0.25) is 0 Å². The van der Waals surface area contributed by atoms with Gasteiger partial charge in [-0.1, -0.05) is 30.3 Å². The van der Waals surface area contributed by atoms with Gasteiger partial charge in [-0.15, -0.1) is 0 Å². The molecule has 84 valence electrons. The molecule has 0 saturated heterocycles. The smallest absolute Gasteiger partial charge is 0.168 e. The molecule has 1 aliphatic heterocycles. The molecule has 0 bridgehead atoms. The molecule has 1 atom stereocenters. The predicted molar refractivity (Wildman–Crippen MR) is 59.7 cm³/mol. The summed E-state index contributed by atoms with van der Waals surface area (Å²) in [4.78, 5) is 11.6. The third-order valence-corrected chi connectivity index (χ3v) is 2.45. The van der Waals surface area contributed by atoms with Crippen molar-refractivity contribution in [3.63, 3.8) is 0 Å².